The second-order valence-corrected chi connectivity index (χ2v) is 11.9. The first kappa shape index (κ1) is 27.9. The number of ether oxygens (including phenoxy) is 1. The van der Waals surface area contributed by atoms with Gasteiger partial charge in [0.05, 0.1) is 13.2 Å². The molecule has 0 spiro atoms. The number of hydrogen-bond donors (Lipinski definition) is 1. The molecule has 1 rings (SSSR count). The van der Waals surface area contributed by atoms with Gasteiger partial charge in [0, 0.05) is 24.3 Å². The fourth-order valence-corrected chi connectivity index (χ4v) is 3.42. The first-order valence-corrected chi connectivity index (χ1v) is 11.5. The van der Waals surface area contributed by atoms with E-state index in [0.717, 1.165) is 4.90 Å². The van der Waals surface area contributed by atoms with Crippen molar-refractivity contribution in [2.24, 2.45) is 11.8 Å². The minimum atomic E-state index is -1.66. The van der Waals surface area contributed by atoms with E-state index in [4.69, 9.17) is 74.3 Å². The van der Waals surface area contributed by atoms with Crippen molar-refractivity contribution >= 4 is 87.3 Å². The summed E-state index contributed by atoms with van der Waals surface area (Å²) in [5.74, 6) is -2.51. The summed E-state index contributed by atoms with van der Waals surface area (Å²) >= 11 is 35.7. The molecule has 0 saturated carbocycles. The molecule has 1 heterocycles. The van der Waals surface area contributed by atoms with E-state index in [0.29, 0.717) is 0 Å². The van der Waals surface area contributed by atoms with Crippen LogP contribution in [0.2, 0.25) is 0 Å². The lowest BCUT2D eigenvalue weighted by atomic mass is 9.98. The molecule has 0 aromatic heterocycles. The van der Waals surface area contributed by atoms with Crippen molar-refractivity contribution in [3.8, 4) is 0 Å². The van der Waals surface area contributed by atoms with Crippen LogP contribution in [0.5, 0.6) is 0 Å². The van der Waals surface area contributed by atoms with E-state index < -0.39 is 43.3 Å². The van der Waals surface area contributed by atoms with Crippen LogP contribution in [-0.4, -0.2) is 49.4 Å². The molecule has 0 bridgehead atoms. The molecule has 3 unspecified atom stereocenters. The Balaban J connectivity index is 3.22. The molecule has 4 atom stereocenters. The number of carbonyl (C=O) groups is 3. The van der Waals surface area contributed by atoms with Crippen molar-refractivity contribution in [2.45, 2.75) is 59.7 Å². The number of carbonyl (C=O) groups excluding carboxylic acids is 3. The average molecular weight is 545 g/mol. The molecule has 0 radical (unpaired) electrons. The summed E-state index contributed by atoms with van der Waals surface area (Å²) in [6.07, 6.45) is 1.47. The third kappa shape index (κ3) is 7.49. The number of rotatable bonds is 8. The molecule has 1 aliphatic heterocycles. The third-order valence-electron chi connectivity index (χ3n) is 4.85. The Morgan fingerprint density at radius 3 is 2.10 bits per heavy atom. The number of alkyl halides is 6. The molecule has 0 saturated heterocycles. The molecular formula is C18H24Cl6N2O4. The van der Waals surface area contributed by atoms with Gasteiger partial charge in [-0.15, -0.1) is 0 Å². The average Bonchev–Trinajstić information content (AvgIpc) is 2.93. The van der Waals surface area contributed by atoms with Crippen LogP contribution in [0.15, 0.2) is 11.8 Å². The zero-order valence-electron chi connectivity index (χ0n) is 16.9. The molecule has 3 amide bonds. The molecule has 30 heavy (non-hydrogen) atoms. The number of nitrogens with one attached hydrogen (secondary N) is 1. The maximum Gasteiger partial charge on any atom is 0.257 e. The lowest BCUT2D eigenvalue weighted by Crippen LogP contribution is -2.53. The highest BCUT2D eigenvalue weighted by molar-refractivity contribution is 6.68. The summed E-state index contributed by atoms with van der Waals surface area (Å²) in [5.41, 5.74) is 0. The van der Waals surface area contributed by atoms with E-state index in [1.807, 2.05) is 0 Å². The van der Waals surface area contributed by atoms with E-state index in [2.05, 4.69) is 5.32 Å². The van der Waals surface area contributed by atoms with Gasteiger partial charge in [0.1, 0.15) is 11.8 Å². The van der Waals surface area contributed by atoms with E-state index in [-0.39, 0.29) is 30.9 Å². The highest BCUT2D eigenvalue weighted by atomic mass is 35.6. The molecule has 0 aromatic rings. The van der Waals surface area contributed by atoms with Crippen molar-refractivity contribution in [3.63, 3.8) is 0 Å². The van der Waals surface area contributed by atoms with Gasteiger partial charge in [0.2, 0.25) is 5.91 Å². The van der Waals surface area contributed by atoms with Gasteiger partial charge in [0.25, 0.3) is 11.8 Å². The van der Waals surface area contributed by atoms with Crippen LogP contribution in [-0.2, 0) is 19.1 Å². The molecule has 1 N–H and O–H groups in total. The van der Waals surface area contributed by atoms with Crippen molar-refractivity contribution in [1.29, 1.82) is 0 Å². The Kier molecular flexibility index (Phi) is 10.4. The second kappa shape index (κ2) is 11.2. The molecule has 0 aromatic carbocycles. The van der Waals surface area contributed by atoms with Crippen LogP contribution in [0.1, 0.15) is 40.0 Å². The fraction of sp³-hybridized carbons (Fsp3) is 0.722. The fourth-order valence-electron chi connectivity index (χ4n) is 2.89. The van der Waals surface area contributed by atoms with Crippen LogP contribution in [0, 0.1) is 11.8 Å². The standard InChI is InChI=1S/C18H24Cl6N2O4/c1-5-14(27)25-11(6-9(2)17(19,20)21)16(29)26-12(7-10(3)18(22,23)24)13(30-4)8-15(26)28/h8-12H,5-7H2,1-4H3,(H,25,27)/t9?,10?,11-,12?/m1/s1. The van der Waals surface area contributed by atoms with Crippen molar-refractivity contribution in [1.82, 2.24) is 10.2 Å². The van der Waals surface area contributed by atoms with Crippen molar-refractivity contribution in [2.75, 3.05) is 7.11 Å². The lowest BCUT2D eigenvalue weighted by Gasteiger charge is -2.33. The Hall–Kier alpha value is -0.110. The number of imide groups is 1. The molecule has 12 heteroatoms. The molecule has 172 valence electrons. The smallest absolute Gasteiger partial charge is 0.257 e. The number of hydrogen-bond acceptors (Lipinski definition) is 4. The predicted molar refractivity (Wildman–Crippen MR) is 121 cm³/mol. The van der Waals surface area contributed by atoms with Crippen molar-refractivity contribution in [3.05, 3.63) is 11.8 Å². The molecule has 0 aliphatic carbocycles. The van der Waals surface area contributed by atoms with Gasteiger partial charge in [0.15, 0.2) is 7.59 Å². The van der Waals surface area contributed by atoms with Gasteiger partial charge >= 0.3 is 0 Å². The Morgan fingerprint density at radius 1 is 1.13 bits per heavy atom. The predicted octanol–water partition coefficient (Wildman–Crippen LogP) is 4.94. The van der Waals surface area contributed by atoms with E-state index >= 15 is 0 Å². The zero-order valence-corrected chi connectivity index (χ0v) is 21.4. The number of methoxy groups -OCH3 is 1. The molecular weight excluding hydrogens is 521 g/mol. The van der Waals surface area contributed by atoms with Crippen molar-refractivity contribution < 1.29 is 19.1 Å². The SMILES string of the molecule is CCC(=O)N[C@H](CC(C)C(Cl)(Cl)Cl)C(=O)N1C(=O)C=C(OC)C1CC(C)C(Cl)(Cl)Cl. The van der Waals surface area contributed by atoms with Crippen LogP contribution < -0.4 is 5.32 Å². The molecule has 1 aliphatic rings. The van der Waals surface area contributed by atoms with Gasteiger partial charge in [-0.3, -0.25) is 19.3 Å². The summed E-state index contributed by atoms with van der Waals surface area (Å²) in [5, 5.41) is 2.60. The first-order chi connectivity index (χ1) is 13.6. The number of amides is 3. The summed E-state index contributed by atoms with van der Waals surface area (Å²) in [6.45, 7) is 4.93. The summed E-state index contributed by atoms with van der Waals surface area (Å²) in [6, 6.07) is -1.90. The van der Waals surface area contributed by atoms with Gasteiger partial charge in [-0.1, -0.05) is 90.4 Å². The monoisotopic (exact) mass is 542 g/mol. The van der Waals surface area contributed by atoms with Crippen LogP contribution in [0.4, 0.5) is 0 Å². The van der Waals surface area contributed by atoms with E-state index in [1.165, 1.54) is 13.2 Å². The van der Waals surface area contributed by atoms with Gasteiger partial charge < -0.3 is 10.1 Å². The molecule has 0 fully saturated rings. The quantitative estimate of drug-likeness (QED) is 0.439. The third-order valence-corrected chi connectivity index (χ3v) is 7.09. The van der Waals surface area contributed by atoms with Gasteiger partial charge in [-0.25, -0.2) is 0 Å². The lowest BCUT2D eigenvalue weighted by molar-refractivity contribution is -0.146. The maximum atomic E-state index is 13.3. The minimum absolute atomic E-state index is 0.000101. The number of halogens is 6. The maximum absolute atomic E-state index is 13.3. The first-order valence-electron chi connectivity index (χ1n) is 9.18. The summed E-state index contributed by atoms with van der Waals surface area (Å²) in [7, 11) is 1.38. The normalized spacial score (nSPS) is 20.5. The highest BCUT2D eigenvalue weighted by Crippen LogP contribution is 2.41. The minimum Gasteiger partial charge on any atom is -0.499 e. The van der Waals surface area contributed by atoms with Gasteiger partial charge in [-0.05, 0) is 12.8 Å². The largest absolute Gasteiger partial charge is 0.499 e. The molecule has 6 nitrogen and oxygen atoms in total. The van der Waals surface area contributed by atoms with Crippen LogP contribution >= 0.6 is 69.6 Å². The van der Waals surface area contributed by atoms with Gasteiger partial charge in [-0.2, -0.15) is 0 Å². The summed E-state index contributed by atoms with van der Waals surface area (Å²) < 4.78 is 2.00. The highest BCUT2D eigenvalue weighted by Gasteiger charge is 2.45. The zero-order chi connectivity index (χ0) is 23.4. The van der Waals surface area contributed by atoms with Crippen LogP contribution in [0.3, 0.4) is 0 Å². The van der Waals surface area contributed by atoms with Crippen LogP contribution in [0.25, 0.3) is 0 Å². The Morgan fingerprint density at radius 2 is 1.67 bits per heavy atom. The van der Waals surface area contributed by atoms with E-state index in [1.54, 1.807) is 20.8 Å². The topological polar surface area (TPSA) is 75.7 Å². The Bertz CT molecular complexity index is 689. The summed E-state index contributed by atoms with van der Waals surface area (Å²) in [4.78, 5) is 39.0. The number of nitrogens with zero attached hydrogens (tertiary/aromatic N) is 1. The Labute approximate surface area is 206 Å². The van der Waals surface area contributed by atoms with E-state index in [9.17, 15) is 14.4 Å². The second-order valence-electron chi connectivity index (χ2n) is 7.14.